The van der Waals surface area contributed by atoms with Crippen LogP contribution in [-0.2, 0) is 23.9 Å². The summed E-state index contributed by atoms with van der Waals surface area (Å²) >= 11 is 6.31. The molecule has 3 saturated heterocycles. The van der Waals surface area contributed by atoms with E-state index in [1.807, 2.05) is 43.5 Å². The zero-order valence-corrected chi connectivity index (χ0v) is 35.4. The number of halogens is 1. The van der Waals surface area contributed by atoms with Gasteiger partial charge in [-0.25, -0.2) is 0 Å². The molecule has 7 rings (SSSR count). The van der Waals surface area contributed by atoms with Crippen molar-refractivity contribution in [2.75, 3.05) is 39.3 Å². The molecule has 3 aliphatic carbocycles. The van der Waals surface area contributed by atoms with Crippen LogP contribution in [0.2, 0.25) is 0 Å². The predicted molar refractivity (Wildman–Crippen MR) is 222 cm³/mol. The second-order valence-corrected chi connectivity index (χ2v) is 18.5. The van der Waals surface area contributed by atoms with Crippen LogP contribution in [0.5, 0.6) is 0 Å². The van der Waals surface area contributed by atoms with Crippen LogP contribution in [0.3, 0.4) is 0 Å². The van der Waals surface area contributed by atoms with Gasteiger partial charge in [0.05, 0.1) is 30.6 Å². The first-order valence-electron chi connectivity index (χ1n) is 21.2. The van der Waals surface area contributed by atoms with Crippen LogP contribution < -0.4 is 27.0 Å². The molecule has 14 nitrogen and oxygen atoms in total. The minimum absolute atomic E-state index is 0.0184. The molecule has 7 aliphatic rings. The standard InChI is InChI=1S/C43H63ClN8O6/c1-26-47-36-29(39(56)52(26)32-15-17-35(53)48-38(32)55)10-9-11-33(36)57-23-8-6-7-18-50-19-21-51(22-20-50)34-16-12-27(25-46-34)37(54)49-40-42(2,3)41(43(40,4)5)58-28-13-14-31(45)30(44)24-28/h9,11-13,16,24-26,29,31-32,34,37,40-41,46-47,49,54H,6-8,10,14-15,17-23,45H2,1-5H3,(H,48,53,55). The van der Waals surface area contributed by atoms with Gasteiger partial charge >= 0.3 is 0 Å². The minimum Gasteiger partial charge on any atom is -0.492 e. The SMILES string of the molecule is CC1NC2=C(OCCCCCN3CCN(C4C=CC(C(O)NC5C(C)(C)C(OC6=CCC(N)C(Cl)=C6)C5(C)C)=CN4)CC3)C=CCC2C(=O)N1C1CCC(=O)NC1=O. The topological polar surface area (TPSA) is 174 Å². The normalized spacial score (nSPS) is 32.8. The summed E-state index contributed by atoms with van der Waals surface area (Å²) < 4.78 is 12.7. The Bertz CT molecular complexity index is 1760. The van der Waals surface area contributed by atoms with Crippen LogP contribution in [-0.4, -0.2) is 120 Å². The Kier molecular flexibility index (Phi) is 12.8. The fourth-order valence-corrected chi connectivity index (χ4v) is 10.4. The van der Waals surface area contributed by atoms with E-state index in [4.69, 9.17) is 26.8 Å². The molecule has 6 unspecified atom stereocenters. The van der Waals surface area contributed by atoms with Gasteiger partial charge in [0.2, 0.25) is 17.7 Å². The molecule has 0 aromatic rings. The molecule has 0 aromatic carbocycles. The Morgan fingerprint density at radius 2 is 1.81 bits per heavy atom. The molecule has 4 aliphatic heterocycles. The van der Waals surface area contributed by atoms with Gasteiger partial charge in [-0.05, 0) is 76.3 Å². The van der Waals surface area contributed by atoms with E-state index in [1.165, 1.54) is 0 Å². The van der Waals surface area contributed by atoms with Crippen LogP contribution in [0, 0.1) is 16.7 Å². The number of hydrogen-bond acceptors (Lipinski definition) is 12. The van der Waals surface area contributed by atoms with Gasteiger partial charge in [-0.1, -0.05) is 51.4 Å². The first-order valence-corrected chi connectivity index (χ1v) is 21.5. The van der Waals surface area contributed by atoms with Gasteiger partial charge in [0.25, 0.3) is 0 Å². The summed E-state index contributed by atoms with van der Waals surface area (Å²) in [6.45, 7) is 16.1. The lowest BCUT2D eigenvalue weighted by Crippen LogP contribution is -2.74. The van der Waals surface area contributed by atoms with E-state index in [-0.39, 0.29) is 59.6 Å². The van der Waals surface area contributed by atoms with E-state index in [1.54, 1.807) is 4.90 Å². The van der Waals surface area contributed by atoms with Gasteiger partial charge in [0.1, 0.15) is 29.9 Å². The van der Waals surface area contributed by atoms with Crippen molar-refractivity contribution in [3.05, 3.63) is 70.5 Å². The summed E-state index contributed by atoms with van der Waals surface area (Å²) in [7, 11) is 0. The molecule has 58 heavy (non-hydrogen) atoms. The number of aliphatic hydroxyl groups is 1. The molecule has 318 valence electrons. The van der Waals surface area contributed by atoms with Crippen LogP contribution in [0.15, 0.2) is 70.5 Å². The van der Waals surface area contributed by atoms with E-state index in [9.17, 15) is 19.5 Å². The summed E-state index contributed by atoms with van der Waals surface area (Å²) in [5.41, 5.74) is 7.15. The van der Waals surface area contributed by atoms with E-state index >= 15 is 0 Å². The van der Waals surface area contributed by atoms with Gasteiger partial charge in [-0.2, -0.15) is 0 Å². The minimum atomic E-state index is -0.819. The Hall–Kier alpha value is -3.66. The number of carbonyl (C=O) groups is 3. The molecule has 0 aromatic heterocycles. The predicted octanol–water partition coefficient (Wildman–Crippen LogP) is 3.00. The van der Waals surface area contributed by atoms with E-state index in [0.29, 0.717) is 36.7 Å². The number of nitrogens with zero attached hydrogens (tertiary/aromatic N) is 3. The fourth-order valence-electron chi connectivity index (χ4n) is 10.2. The number of ether oxygens (including phenoxy) is 2. The second kappa shape index (κ2) is 17.5. The molecular weight excluding hydrogens is 760 g/mol. The third-order valence-electron chi connectivity index (χ3n) is 13.1. The summed E-state index contributed by atoms with van der Waals surface area (Å²) in [4.78, 5) is 44.3. The maximum atomic E-state index is 13.6. The largest absolute Gasteiger partial charge is 0.492 e. The highest BCUT2D eigenvalue weighted by atomic mass is 35.5. The monoisotopic (exact) mass is 822 g/mol. The first kappa shape index (κ1) is 42.5. The van der Waals surface area contributed by atoms with E-state index in [2.05, 4.69) is 64.8 Å². The van der Waals surface area contributed by atoms with Gasteiger partial charge in [-0.3, -0.25) is 29.9 Å². The van der Waals surface area contributed by atoms with Gasteiger partial charge in [0, 0.05) is 72.3 Å². The zero-order chi connectivity index (χ0) is 41.4. The van der Waals surface area contributed by atoms with Crippen molar-refractivity contribution < 1.29 is 29.0 Å². The van der Waals surface area contributed by atoms with E-state index < -0.39 is 24.1 Å². The van der Waals surface area contributed by atoms with Gasteiger partial charge in [0.15, 0.2) is 0 Å². The number of aliphatic hydroxyl groups excluding tert-OH is 1. The van der Waals surface area contributed by atoms with Crippen molar-refractivity contribution in [1.82, 2.24) is 36.0 Å². The number of imide groups is 1. The highest BCUT2D eigenvalue weighted by Crippen LogP contribution is 2.56. The molecular formula is C43H63ClN8O6. The van der Waals surface area contributed by atoms with Crippen LogP contribution >= 0.6 is 11.6 Å². The molecule has 4 fully saturated rings. The van der Waals surface area contributed by atoms with Crippen molar-refractivity contribution in [1.29, 1.82) is 0 Å². The molecule has 0 spiro atoms. The molecule has 15 heteroatoms. The van der Waals surface area contributed by atoms with Crippen molar-refractivity contribution in [3.63, 3.8) is 0 Å². The van der Waals surface area contributed by atoms with Crippen LogP contribution in [0.1, 0.15) is 79.6 Å². The number of piperazine rings is 1. The van der Waals surface area contributed by atoms with Crippen LogP contribution in [0.25, 0.3) is 0 Å². The van der Waals surface area contributed by atoms with Crippen molar-refractivity contribution in [2.45, 2.75) is 122 Å². The maximum Gasteiger partial charge on any atom is 0.249 e. The van der Waals surface area contributed by atoms with Crippen LogP contribution in [0.4, 0.5) is 0 Å². The quantitative estimate of drug-likeness (QED) is 0.0861. The summed E-state index contributed by atoms with van der Waals surface area (Å²) in [6, 6.07) is -0.809. The number of hydrogen-bond donors (Lipinski definition) is 6. The third kappa shape index (κ3) is 8.78. The average molecular weight is 823 g/mol. The molecule has 4 heterocycles. The maximum absolute atomic E-state index is 13.6. The number of allylic oxidation sites excluding steroid dienone is 3. The number of carbonyl (C=O) groups excluding carboxylic acids is 3. The lowest BCUT2D eigenvalue weighted by molar-refractivity contribution is -0.198. The molecule has 3 amide bonds. The lowest BCUT2D eigenvalue weighted by atomic mass is 9.49. The number of rotatable bonds is 14. The number of dihydropyridines is 1. The molecule has 1 saturated carbocycles. The highest BCUT2D eigenvalue weighted by molar-refractivity contribution is 6.30. The zero-order valence-electron chi connectivity index (χ0n) is 34.6. The van der Waals surface area contributed by atoms with Gasteiger partial charge < -0.3 is 40.7 Å². The number of amides is 3. The number of fused-ring (bicyclic) bond motifs is 1. The second-order valence-electron chi connectivity index (χ2n) is 18.0. The number of nitrogens with two attached hydrogens (primary N) is 1. The average Bonchev–Trinajstić information content (AvgIpc) is 3.19. The summed E-state index contributed by atoms with van der Waals surface area (Å²) in [6.07, 6.45) is 17.5. The number of nitrogens with one attached hydrogen (secondary N) is 4. The van der Waals surface area contributed by atoms with Gasteiger partial charge in [-0.15, -0.1) is 0 Å². The third-order valence-corrected chi connectivity index (χ3v) is 13.5. The Morgan fingerprint density at radius 1 is 1.05 bits per heavy atom. The lowest BCUT2D eigenvalue weighted by Gasteiger charge is -2.63. The highest BCUT2D eigenvalue weighted by Gasteiger charge is 2.64. The number of piperidine rings is 1. The van der Waals surface area contributed by atoms with Crippen molar-refractivity contribution in [3.8, 4) is 0 Å². The van der Waals surface area contributed by atoms with E-state index in [0.717, 1.165) is 69.0 Å². The smallest absolute Gasteiger partial charge is 0.249 e. The Balaban J connectivity index is 0.789. The Morgan fingerprint density at radius 3 is 2.50 bits per heavy atom. The summed E-state index contributed by atoms with van der Waals surface area (Å²) in [5, 5.41) is 24.7. The summed E-state index contributed by atoms with van der Waals surface area (Å²) in [5.74, 6) is 0.232. The fraction of sp³-hybridized carbons (Fsp3) is 0.651. The first-order chi connectivity index (χ1) is 27.6. The molecule has 0 radical (unpaired) electrons. The molecule has 0 bridgehead atoms. The van der Waals surface area contributed by atoms with Crippen molar-refractivity contribution >= 4 is 29.3 Å². The molecule has 7 N–H and O–H groups in total. The number of unbranched alkanes of at least 4 members (excludes halogenated alkanes) is 2. The van der Waals surface area contributed by atoms with Crippen molar-refractivity contribution in [2.24, 2.45) is 22.5 Å². The molecule has 6 atom stereocenters. The Labute approximate surface area is 348 Å².